The number of carbonyl (C=O) groups is 2. The normalized spacial score (nSPS) is 11.3. The molecular formula is C26H24ClN3O3S. The molecule has 0 aliphatic carbocycles. The molecule has 0 saturated heterocycles. The van der Waals surface area contributed by atoms with Gasteiger partial charge in [-0.2, -0.15) is 0 Å². The van der Waals surface area contributed by atoms with Crippen molar-refractivity contribution in [1.29, 1.82) is 0 Å². The van der Waals surface area contributed by atoms with Crippen LogP contribution in [-0.4, -0.2) is 22.6 Å². The minimum Gasteiger partial charge on any atom is -0.444 e. The van der Waals surface area contributed by atoms with E-state index in [0.29, 0.717) is 11.4 Å². The number of amides is 2. The zero-order valence-corrected chi connectivity index (χ0v) is 20.8. The van der Waals surface area contributed by atoms with Gasteiger partial charge in [0.2, 0.25) is 0 Å². The number of nitrogens with zero attached hydrogens (tertiary/aromatic N) is 1. The Morgan fingerprint density at radius 1 is 1.00 bits per heavy atom. The quantitative estimate of drug-likeness (QED) is 0.308. The van der Waals surface area contributed by atoms with Crippen LogP contribution in [0.15, 0.2) is 60.7 Å². The summed E-state index contributed by atoms with van der Waals surface area (Å²) in [5.41, 5.74) is 3.41. The molecule has 34 heavy (non-hydrogen) atoms. The van der Waals surface area contributed by atoms with E-state index in [0.717, 1.165) is 26.4 Å². The predicted molar refractivity (Wildman–Crippen MR) is 139 cm³/mol. The van der Waals surface area contributed by atoms with Crippen LogP contribution in [0.2, 0.25) is 5.02 Å². The van der Waals surface area contributed by atoms with E-state index >= 15 is 0 Å². The second-order valence-electron chi connectivity index (χ2n) is 8.79. The number of hydrogen-bond acceptors (Lipinski definition) is 5. The average molecular weight is 494 g/mol. The number of nitrogens with one attached hydrogen (secondary N) is 2. The summed E-state index contributed by atoms with van der Waals surface area (Å²) in [6, 6.07) is 18.5. The highest BCUT2D eigenvalue weighted by Crippen LogP contribution is 2.33. The first-order valence-corrected chi connectivity index (χ1v) is 11.9. The van der Waals surface area contributed by atoms with Crippen LogP contribution in [0.3, 0.4) is 0 Å². The lowest BCUT2D eigenvalue weighted by Gasteiger charge is -2.20. The van der Waals surface area contributed by atoms with E-state index in [2.05, 4.69) is 10.6 Å². The molecule has 3 aromatic carbocycles. The highest BCUT2D eigenvalue weighted by Gasteiger charge is 2.18. The number of carbonyl (C=O) groups excluding carboxylic acids is 2. The number of rotatable bonds is 4. The van der Waals surface area contributed by atoms with Gasteiger partial charge in [0.1, 0.15) is 10.6 Å². The van der Waals surface area contributed by atoms with Crippen LogP contribution in [0.5, 0.6) is 0 Å². The number of benzene rings is 3. The van der Waals surface area contributed by atoms with Crippen molar-refractivity contribution in [3.05, 3.63) is 76.8 Å². The van der Waals surface area contributed by atoms with Gasteiger partial charge in [0.15, 0.2) is 0 Å². The van der Waals surface area contributed by atoms with Gasteiger partial charge in [0, 0.05) is 16.9 Å². The number of aryl methyl sites for hydroxylation is 1. The Morgan fingerprint density at radius 2 is 1.76 bits per heavy atom. The van der Waals surface area contributed by atoms with Gasteiger partial charge in [-0.05, 0) is 69.7 Å². The van der Waals surface area contributed by atoms with Crippen molar-refractivity contribution in [2.24, 2.45) is 0 Å². The molecule has 8 heteroatoms. The summed E-state index contributed by atoms with van der Waals surface area (Å²) < 4.78 is 6.37. The lowest BCUT2D eigenvalue weighted by atomic mass is 10.1. The lowest BCUT2D eigenvalue weighted by Crippen LogP contribution is -2.27. The van der Waals surface area contributed by atoms with E-state index in [1.54, 1.807) is 44.2 Å². The molecule has 174 valence electrons. The zero-order valence-electron chi connectivity index (χ0n) is 19.2. The average Bonchev–Trinajstić information content (AvgIpc) is 3.19. The predicted octanol–water partition coefficient (Wildman–Crippen LogP) is 7.52. The van der Waals surface area contributed by atoms with Crippen molar-refractivity contribution in [3.8, 4) is 10.6 Å². The molecule has 0 atom stereocenters. The van der Waals surface area contributed by atoms with E-state index < -0.39 is 11.7 Å². The molecule has 0 radical (unpaired) electrons. The molecule has 1 aromatic heterocycles. The van der Waals surface area contributed by atoms with Crippen molar-refractivity contribution >= 4 is 56.5 Å². The van der Waals surface area contributed by atoms with Crippen LogP contribution < -0.4 is 10.6 Å². The molecule has 0 spiro atoms. The zero-order chi connectivity index (χ0) is 24.5. The smallest absolute Gasteiger partial charge is 0.412 e. The van der Waals surface area contributed by atoms with Crippen molar-refractivity contribution in [1.82, 2.24) is 4.98 Å². The largest absolute Gasteiger partial charge is 0.444 e. The lowest BCUT2D eigenvalue weighted by molar-refractivity contribution is 0.0635. The number of aromatic nitrogens is 1. The molecular weight excluding hydrogens is 470 g/mol. The fraction of sp³-hybridized carbons (Fsp3) is 0.192. The molecule has 0 unspecified atom stereocenters. The molecule has 1 heterocycles. The molecule has 0 saturated carbocycles. The van der Waals surface area contributed by atoms with Gasteiger partial charge in [0.25, 0.3) is 5.91 Å². The molecule has 6 nitrogen and oxygen atoms in total. The van der Waals surface area contributed by atoms with Crippen molar-refractivity contribution < 1.29 is 14.3 Å². The van der Waals surface area contributed by atoms with Gasteiger partial charge in [-0.1, -0.05) is 35.9 Å². The van der Waals surface area contributed by atoms with Crippen LogP contribution >= 0.6 is 22.9 Å². The highest BCUT2D eigenvalue weighted by atomic mass is 35.5. The van der Waals surface area contributed by atoms with Crippen molar-refractivity contribution in [3.63, 3.8) is 0 Å². The number of thiazole rings is 1. The van der Waals surface area contributed by atoms with Crippen LogP contribution in [0.4, 0.5) is 16.2 Å². The van der Waals surface area contributed by atoms with Gasteiger partial charge in [-0.3, -0.25) is 10.1 Å². The van der Waals surface area contributed by atoms with Gasteiger partial charge < -0.3 is 10.1 Å². The Morgan fingerprint density at radius 3 is 2.50 bits per heavy atom. The Kier molecular flexibility index (Phi) is 6.59. The molecule has 0 bridgehead atoms. The van der Waals surface area contributed by atoms with Gasteiger partial charge in [-0.15, -0.1) is 11.3 Å². The topological polar surface area (TPSA) is 80.3 Å². The van der Waals surface area contributed by atoms with Crippen LogP contribution in [0.1, 0.15) is 36.7 Å². The van der Waals surface area contributed by atoms with Crippen LogP contribution in [-0.2, 0) is 4.74 Å². The first kappa shape index (κ1) is 23.7. The molecule has 0 fully saturated rings. The number of halogens is 1. The van der Waals surface area contributed by atoms with Crippen LogP contribution in [0, 0.1) is 6.92 Å². The third-order valence-corrected chi connectivity index (χ3v) is 6.30. The maximum atomic E-state index is 13.1. The summed E-state index contributed by atoms with van der Waals surface area (Å²) in [4.78, 5) is 29.9. The fourth-order valence-electron chi connectivity index (χ4n) is 3.27. The summed E-state index contributed by atoms with van der Waals surface area (Å²) >= 11 is 7.90. The monoisotopic (exact) mass is 493 g/mol. The summed E-state index contributed by atoms with van der Waals surface area (Å²) in [6.07, 6.45) is -0.611. The van der Waals surface area contributed by atoms with Crippen molar-refractivity contribution in [2.75, 3.05) is 10.6 Å². The summed E-state index contributed by atoms with van der Waals surface area (Å²) in [6.45, 7) is 7.24. The number of para-hydroxylation sites is 1. The molecule has 0 aliphatic heterocycles. The third kappa shape index (κ3) is 5.55. The molecule has 0 aliphatic rings. The maximum Gasteiger partial charge on any atom is 0.412 e. The minimum atomic E-state index is -0.636. The molecule has 4 rings (SSSR count). The number of anilines is 2. The van der Waals surface area contributed by atoms with Gasteiger partial charge >= 0.3 is 6.09 Å². The third-order valence-electron chi connectivity index (χ3n) is 4.88. The Balaban J connectivity index is 1.56. The van der Waals surface area contributed by atoms with Crippen molar-refractivity contribution in [2.45, 2.75) is 33.3 Å². The Bertz CT molecular complexity index is 1360. The maximum absolute atomic E-state index is 13.1. The first-order valence-electron chi connectivity index (χ1n) is 10.7. The first-order chi connectivity index (χ1) is 16.1. The standard InChI is InChI=1S/C26H24ClN3O3S/c1-15-9-10-16(24-30-20-7-5-6-8-22(20)34-24)13-21(15)29-23(31)18-14-17(11-12-19(18)27)28-25(32)33-26(2,3)4/h5-14H,1-4H3,(H,28,32)(H,29,31). The van der Waals surface area contributed by atoms with Gasteiger partial charge in [-0.25, -0.2) is 9.78 Å². The van der Waals surface area contributed by atoms with Crippen LogP contribution in [0.25, 0.3) is 20.8 Å². The van der Waals surface area contributed by atoms with E-state index in [1.165, 1.54) is 6.07 Å². The number of fused-ring (bicyclic) bond motifs is 1. The minimum absolute atomic E-state index is 0.236. The molecule has 2 amide bonds. The fourth-order valence-corrected chi connectivity index (χ4v) is 4.44. The summed E-state index contributed by atoms with van der Waals surface area (Å²) in [5, 5.41) is 6.72. The highest BCUT2D eigenvalue weighted by molar-refractivity contribution is 7.21. The van der Waals surface area contributed by atoms with E-state index in [4.69, 9.17) is 21.3 Å². The Hall–Kier alpha value is -3.42. The number of hydrogen-bond donors (Lipinski definition) is 2. The van der Waals surface area contributed by atoms with E-state index in [1.807, 2.05) is 49.4 Å². The molecule has 2 N–H and O–H groups in total. The van der Waals surface area contributed by atoms with E-state index in [-0.39, 0.29) is 16.5 Å². The SMILES string of the molecule is Cc1ccc(-c2nc3ccccc3s2)cc1NC(=O)c1cc(NC(=O)OC(C)(C)C)ccc1Cl. The summed E-state index contributed by atoms with van der Waals surface area (Å²) in [7, 11) is 0. The Labute approximate surface area is 206 Å². The van der Waals surface area contributed by atoms with E-state index in [9.17, 15) is 9.59 Å². The second kappa shape index (κ2) is 9.44. The second-order valence-corrected chi connectivity index (χ2v) is 10.2. The van der Waals surface area contributed by atoms with Gasteiger partial charge in [0.05, 0.1) is 20.8 Å². The molecule has 4 aromatic rings. The number of ether oxygens (including phenoxy) is 1. The summed E-state index contributed by atoms with van der Waals surface area (Å²) in [5.74, 6) is -0.387.